The van der Waals surface area contributed by atoms with E-state index in [-0.39, 0.29) is 33.8 Å². The van der Waals surface area contributed by atoms with Gasteiger partial charge in [0.25, 0.3) is 6.29 Å². The number of methoxy groups -OCH3 is 2. The average molecular weight is 342 g/mol. The second kappa shape index (κ2) is 5.42. The largest absolute Gasteiger partial charge is 0.504 e. The standard InChI is InChI=1S/C18H14O7/c1-22-16-9(19)7-11-13(15(16)21)14(20)12-8-5-3-4-6-10(8)25-18(23-2)17(12)24-11/h3-7,18-19,21H,1-2H3/t18-/m1/s1. The van der Waals surface area contributed by atoms with E-state index in [1.54, 1.807) is 24.3 Å². The fourth-order valence-electron chi connectivity index (χ4n) is 3.04. The van der Waals surface area contributed by atoms with E-state index in [0.29, 0.717) is 11.3 Å². The highest BCUT2D eigenvalue weighted by molar-refractivity contribution is 5.92. The van der Waals surface area contributed by atoms with E-state index in [0.717, 1.165) is 0 Å². The predicted molar refractivity (Wildman–Crippen MR) is 88.2 cm³/mol. The van der Waals surface area contributed by atoms with Crippen molar-refractivity contribution in [2.24, 2.45) is 0 Å². The van der Waals surface area contributed by atoms with E-state index in [2.05, 4.69) is 0 Å². The van der Waals surface area contributed by atoms with Crippen molar-refractivity contribution in [2.75, 3.05) is 14.2 Å². The number of hydrogen-bond donors (Lipinski definition) is 2. The van der Waals surface area contributed by atoms with Crippen molar-refractivity contribution in [1.29, 1.82) is 0 Å². The minimum absolute atomic E-state index is 0.00424. The van der Waals surface area contributed by atoms with Crippen LogP contribution in [0.1, 0.15) is 12.1 Å². The zero-order valence-corrected chi connectivity index (χ0v) is 13.4. The Morgan fingerprint density at radius 2 is 1.92 bits per heavy atom. The van der Waals surface area contributed by atoms with Gasteiger partial charge in [-0.15, -0.1) is 0 Å². The van der Waals surface area contributed by atoms with Crippen LogP contribution in [0, 0.1) is 0 Å². The molecule has 7 heteroatoms. The molecule has 1 aromatic heterocycles. The van der Waals surface area contributed by atoms with Crippen molar-refractivity contribution < 1.29 is 28.8 Å². The molecule has 0 amide bonds. The van der Waals surface area contributed by atoms with Crippen molar-refractivity contribution in [3.8, 4) is 34.1 Å². The first-order chi connectivity index (χ1) is 12.1. The molecule has 0 unspecified atom stereocenters. The van der Waals surface area contributed by atoms with Crippen LogP contribution in [0.3, 0.4) is 0 Å². The van der Waals surface area contributed by atoms with Gasteiger partial charge in [0.15, 0.2) is 17.3 Å². The van der Waals surface area contributed by atoms with Gasteiger partial charge in [-0.3, -0.25) is 4.79 Å². The summed E-state index contributed by atoms with van der Waals surface area (Å²) in [5, 5.41) is 20.2. The first kappa shape index (κ1) is 15.3. The number of benzene rings is 2. The molecule has 7 nitrogen and oxygen atoms in total. The number of aromatic hydroxyl groups is 2. The predicted octanol–water partition coefficient (Wildman–Crippen LogP) is 2.92. The average Bonchev–Trinajstić information content (AvgIpc) is 2.60. The fourth-order valence-corrected chi connectivity index (χ4v) is 3.04. The van der Waals surface area contributed by atoms with Crippen LogP contribution in [0.2, 0.25) is 0 Å². The first-order valence-corrected chi connectivity index (χ1v) is 7.45. The monoisotopic (exact) mass is 342 g/mol. The van der Waals surface area contributed by atoms with E-state index in [1.165, 1.54) is 20.3 Å². The molecule has 1 aliphatic heterocycles. The number of rotatable bonds is 2. The number of phenolic OH excluding ortho intramolecular Hbond substituents is 2. The quantitative estimate of drug-likeness (QED) is 0.739. The van der Waals surface area contributed by atoms with Gasteiger partial charge in [0.1, 0.15) is 16.7 Å². The third-order valence-corrected chi connectivity index (χ3v) is 4.14. The minimum Gasteiger partial charge on any atom is -0.504 e. The molecule has 0 fully saturated rings. The maximum absolute atomic E-state index is 13.1. The Labute approximate surface area is 141 Å². The normalized spacial score (nSPS) is 15.4. The zero-order valence-electron chi connectivity index (χ0n) is 13.4. The van der Waals surface area contributed by atoms with Crippen LogP contribution in [0.5, 0.6) is 23.0 Å². The Bertz CT molecular complexity index is 1050. The summed E-state index contributed by atoms with van der Waals surface area (Å²) >= 11 is 0. The number of hydrogen-bond acceptors (Lipinski definition) is 7. The van der Waals surface area contributed by atoms with E-state index in [1.807, 2.05) is 0 Å². The Balaban J connectivity index is 2.16. The van der Waals surface area contributed by atoms with Gasteiger partial charge in [0.05, 0.1) is 12.7 Å². The SMILES string of the molecule is COc1c(O)cc2oc3c(c(=O)c2c1O)-c1ccccc1O[C@H]3OC. The van der Waals surface area contributed by atoms with Gasteiger partial charge in [-0.25, -0.2) is 0 Å². The fraction of sp³-hybridized carbons (Fsp3) is 0.167. The molecule has 128 valence electrons. The van der Waals surface area contributed by atoms with Crippen LogP contribution in [-0.4, -0.2) is 24.4 Å². The molecule has 1 atom stereocenters. The summed E-state index contributed by atoms with van der Waals surface area (Å²) in [5.74, 6) is -0.376. The van der Waals surface area contributed by atoms with E-state index in [9.17, 15) is 15.0 Å². The van der Waals surface area contributed by atoms with Crippen molar-refractivity contribution in [2.45, 2.75) is 6.29 Å². The van der Waals surface area contributed by atoms with Gasteiger partial charge < -0.3 is 28.8 Å². The molecule has 0 radical (unpaired) electrons. The number of ether oxygens (including phenoxy) is 3. The Kier molecular flexibility index (Phi) is 3.33. The third kappa shape index (κ3) is 2.06. The summed E-state index contributed by atoms with van der Waals surface area (Å²) < 4.78 is 21.7. The van der Waals surface area contributed by atoms with E-state index in [4.69, 9.17) is 18.6 Å². The van der Waals surface area contributed by atoms with E-state index >= 15 is 0 Å². The lowest BCUT2D eigenvalue weighted by Crippen LogP contribution is -2.21. The summed E-state index contributed by atoms with van der Waals surface area (Å²) in [7, 11) is 2.71. The first-order valence-electron chi connectivity index (χ1n) is 7.45. The molecule has 2 aromatic carbocycles. The molecule has 0 aliphatic carbocycles. The second-order valence-corrected chi connectivity index (χ2v) is 5.50. The lowest BCUT2D eigenvalue weighted by molar-refractivity contribution is -0.0716. The van der Waals surface area contributed by atoms with Crippen LogP contribution in [0.4, 0.5) is 0 Å². The van der Waals surface area contributed by atoms with Crippen LogP contribution in [-0.2, 0) is 4.74 Å². The van der Waals surface area contributed by atoms with Crippen molar-refractivity contribution in [3.63, 3.8) is 0 Å². The molecular weight excluding hydrogens is 328 g/mol. The number of phenols is 2. The van der Waals surface area contributed by atoms with Gasteiger partial charge >= 0.3 is 0 Å². The van der Waals surface area contributed by atoms with Crippen molar-refractivity contribution in [1.82, 2.24) is 0 Å². The lowest BCUT2D eigenvalue weighted by atomic mass is 9.98. The van der Waals surface area contributed by atoms with Crippen molar-refractivity contribution >= 4 is 11.0 Å². The smallest absolute Gasteiger partial charge is 0.259 e. The molecule has 2 N–H and O–H groups in total. The van der Waals surface area contributed by atoms with Gasteiger partial charge in [-0.05, 0) is 6.07 Å². The van der Waals surface area contributed by atoms with Gasteiger partial charge in [0, 0.05) is 18.7 Å². The lowest BCUT2D eigenvalue weighted by Gasteiger charge is -2.26. The van der Waals surface area contributed by atoms with Gasteiger partial charge in [-0.1, -0.05) is 18.2 Å². The molecule has 25 heavy (non-hydrogen) atoms. The highest BCUT2D eigenvalue weighted by Crippen LogP contribution is 2.46. The van der Waals surface area contributed by atoms with Crippen molar-refractivity contribution in [3.05, 3.63) is 46.3 Å². The highest BCUT2D eigenvalue weighted by Gasteiger charge is 2.33. The summed E-state index contributed by atoms with van der Waals surface area (Å²) in [4.78, 5) is 13.1. The third-order valence-electron chi connectivity index (χ3n) is 4.14. The maximum atomic E-state index is 13.1. The topological polar surface area (TPSA) is 98.4 Å². The summed E-state index contributed by atoms with van der Waals surface area (Å²) in [6.45, 7) is 0. The zero-order chi connectivity index (χ0) is 17.7. The maximum Gasteiger partial charge on any atom is 0.259 e. The molecule has 3 aromatic rings. The van der Waals surface area contributed by atoms with Crippen LogP contribution in [0.15, 0.2) is 39.5 Å². The Morgan fingerprint density at radius 3 is 2.64 bits per heavy atom. The molecule has 4 rings (SSSR count). The Morgan fingerprint density at radius 1 is 1.16 bits per heavy atom. The van der Waals surface area contributed by atoms with Crippen LogP contribution in [0.25, 0.3) is 22.1 Å². The molecule has 0 saturated heterocycles. The highest BCUT2D eigenvalue weighted by atomic mass is 16.7. The summed E-state index contributed by atoms with van der Waals surface area (Å²) in [5.41, 5.74) is 0.312. The van der Waals surface area contributed by atoms with Gasteiger partial charge in [0.2, 0.25) is 11.2 Å². The van der Waals surface area contributed by atoms with Crippen LogP contribution < -0.4 is 14.9 Å². The molecule has 0 bridgehead atoms. The minimum atomic E-state index is -0.923. The van der Waals surface area contributed by atoms with E-state index < -0.39 is 17.5 Å². The molecule has 1 aliphatic rings. The second-order valence-electron chi connectivity index (χ2n) is 5.50. The van der Waals surface area contributed by atoms with Crippen LogP contribution >= 0.6 is 0 Å². The molecular formula is C18H14O7. The molecule has 2 heterocycles. The summed E-state index contributed by atoms with van der Waals surface area (Å²) in [6, 6.07) is 8.18. The molecule has 0 spiro atoms. The number of para-hydroxylation sites is 1. The Hall–Kier alpha value is -3.19. The summed E-state index contributed by atoms with van der Waals surface area (Å²) in [6.07, 6.45) is -0.923. The molecule has 0 saturated carbocycles. The number of fused-ring (bicyclic) bond motifs is 4. The van der Waals surface area contributed by atoms with Gasteiger partial charge in [-0.2, -0.15) is 0 Å².